The molecule has 5 heteroatoms. The molecule has 2 unspecified atom stereocenters. The second-order valence-electron chi connectivity index (χ2n) is 5.23. The highest BCUT2D eigenvalue weighted by Crippen LogP contribution is 2.26. The predicted octanol–water partition coefficient (Wildman–Crippen LogP) is 2.10. The SMILES string of the molecule is CCNc1c(F)cccc1C(=O)N1CCC(C(C)O)C1. The molecule has 1 fully saturated rings. The second kappa shape index (κ2) is 6.22. The van der Waals surface area contributed by atoms with E-state index in [0.717, 1.165) is 6.42 Å². The molecule has 1 aliphatic heterocycles. The van der Waals surface area contributed by atoms with E-state index in [2.05, 4.69) is 5.32 Å². The lowest BCUT2D eigenvalue weighted by Gasteiger charge is -2.20. The van der Waals surface area contributed by atoms with Gasteiger partial charge in [-0.25, -0.2) is 4.39 Å². The van der Waals surface area contributed by atoms with Gasteiger partial charge in [-0.15, -0.1) is 0 Å². The van der Waals surface area contributed by atoms with Gasteiger partial charge >= 0.3 is 0 Å². The van der Waals surface area contributed by atoms with Gasteiger partial charge in [0.15, 0.2) is 0 Å². The Kier molecular flexibility index (Phi) is 4.60. The van der Waals surface area contributed by atoms with Crippen LogP contribution in [0.4, 0.5) is 10.1 Å². The zero-order valence-electron chi connectivity index (χ0n) is 11.9. The maximum Gasteiger partial charge on any atom is 0.256 e. The van der Waals surface area contributed by atoms with Crippen LogP contribution < -0.4 is 5.32 Å². The van der Waals surface area contributed by atoms with Gasteiger partial charge in [-0.05, 0) is 32.4 Å². The van der Waals surface area contributed by atoms with Crippen molar-refractivity contribution >= 4 is 11.6 Å². The first-order valence-electron chi connectivity index (χ1n) is 7.04. The number of rotatable bonds is 4. The lowest BCUT2D eigenvalue weighted by atomic mass is 10.0. The normalized spacial score (nSPS) is 20.0. The summed E-state index contributed by atoms with van der Waals surface area (Å²) in [5.41, 5.74) is 0.624. The Balaban J connectivity index is 2.20. The standard InChI is InChI=1S/C15H21FN2O2/c1-3-17-14-12(5-4-6-13(14)16)15(20)18-8-7-11(9-18)10(2)19/h4-6,10-11,17,19H,3,7-9H2,1-2H3. The Morgan fingerprint density at radius 2 is 2.35 bits per heavy atom. The van der Waals surface area contributed by atoms with E-state index in [1.807, 2.05) is 6.92 Å². The summed E-state index contributed by atoms with van der Waals surface area (Å²) in [7, 11) is 0. The minimum absolute atomic E-state index is 0.107. The van der Waals surface area contributed by atoms with Crippen LogP contribution in [0, 0.1) is 11.7 Å². The number of hydrogen-bond acceptors (Lipinski definition) is 3. The van der Waals surface area contributed by atoms with Crippen molar-refractivity contribution in [2.45, 2.75) is 26.4 Å². The highest BCUT2D eigenvalue weighted by molar-refractivity contribution is 5.99. The van der Waals surface area contributed by atoms with Crippen LogP contribution in [-0.2, 0) is 0 Å². The number of amides is 1. The summed E-state index contributed by atoms with van der Waals surface area (Å²) in [6, 6.07) is 4.53. The van der Waals surface area contributed by atoms with Gasteiger partial charge in [-0.3, -0.25) is 4.79 Å². The first kappa shape index (κ1) is 14.8. The molecule has 1 aliphatic rings. The van der Waals surface area contributed by atoms with E-state index in [0.29, 0.717) is 25.2 Å². The van der Waals surface area contributed by atoms with Gasteiger partial charge in [-0.2, -0.15) is 0 Å². The first-order valence-corrected chi connectivity index (χ1v) is 7.04. The number of nitrogens with zero attached hydrogens (tertiary/aromatic N) is 1. The summed E-state index contributed by atoms with van der Waals surface area (Å²) < 4.78 is 13.8. The van der Waals surface area contributed by atoms with Crippen LogP contribution in [0.2, 0.25) is 0 Å². The molecule has 110 valence electrons. The number of carbonyl (C=O) groups is 1. The summed E-state index contributed by atoms with van der Waals surface area (Å²) in [6.45, 7) is 5.29. The molecule has 20 heavy (non-hydrogen) atoms. The van der Waals surface area contributed by atoms with E-state index in [-0.39, 0.29) is 17.5 Å². The van der Waals surface area contributed by atoms with Gasteiger partial charge in [0.05, 0.1) is 17.4 Å². The fourth-order valence-corrected chi connectivity index (χ4v) is 2.59. The largest absolute Gasteiger partial charge is 0.393 e. The minimum Gasteiger partial charge on any atom is -0.393 e. The fourth-order valence-electron chi connectivity index (χ4n) is 2.59. The average Bonchev–Trinajstić information content (AvgIpc) is 2.90. The van der Waals surface area contributed by atoms with Crippen LogP contribution in [-0.4, -0.2) is 41.7 Å². The first-order chi connectivity index (χ1) is 9.54. The van der Waals surface area contributed by atoms with Crippen molar-refractivity contribution in [3.8, 4) is 0 Å². The number of likely N-dealkylation sites (tertiary alicyclic amines) is 1. The van der Waals surface area contributed by atoms with E-state index in [1.165, 1.54) is 6.07 Å². The summed E-state index contributed by atoms with van der Waals surface area (Å²) in [5, 5.41) is 12.5. The smallest absolute Gasteiger partial charge is 0.256 e. The Bertz CT molecular complexity index is 491. The number of hydrogen-bond donors (Lipinski definition) is 2. The zero-order valence-corrected chi connectivity index (χ0v) is 11.9. The molecule has 0 saturated carbocycles. The molecule has 1 saturated heterocycles. The number of anilines is 1. The number of aliphatic hydroxyl groups is 1. The van der Waals surface area contributed by atoms with Crippen molar-refractivity contribution in [2.75, 3.05) is 25.0 Å². The zero-order chi connectivity index (χ0) is 14.7. The maximum absolute atomic E-state index is 13.8. The van der Waals surface area contributed by atoms with Gasteiger partial charge in [0, 0.05) is 25.6 Å². The fraction of sp³-hybridized carbons (Fsp3) is 0.533. The van der Waals surface area contributed by atoms with E-state index in [1.54, 1.807) is 24.0 Å². The van der Waals surface area contributed by atoms with Crippen LogP contribution >= 0.6 is 0 Å². The maximum atomic E-state index is 13.8. The molecular formula is C15H21FN2O2. The molecular weight excluding hydrogens is 259 g/mol. The summed E-state index contributed by atoms with van der Waals surface area (Å²) in [6.07, 6.45) is 0.364. The third-order valence-electron chi connectivity index (χ3n) is 3.79. The van der Waals surface area contributed by atoms with Gasteiger partial charge < -0.3 is 15.3 Å². The molecule has 0 aliphatic carbocycles. The van der Waals surface area contributed by atoms with Crippen molar-refractivity contribution in [2.24, 2.45) is 5.92 Å². The number of halogens is 1. The van der Waals surface area contributed by atoms with Crippen LogP contribution in [0.1, 0.15) is 30.6 Å². The van der Waals surface area contributed by atoms with Crippen molar-refractivity contribution in [3.63, 3.8) is 0 Å². The number of carbonyl (C=O) groups excluding carboxylic acids is 1. The minimum atomic E-state index is -0.423. The Labute approximate surface area is 118 Å². The monoisotopic (exact) mass is 280 g/mol. The van der Waals surface area contributed by atoms with Gasteiger partial charge in [0.1, 0.15) is 5.82 Å². The molecule has 1 aromatic rings. The van der Waals surface area contributed by atoms with Gasteiger partial charge in [-0.1, -0.05) is 6.07 Å². The van der Waals surface area contributed by atoms with Crippen LogP contribution in [0.3, 0.4) is 0 Å². The number of nitrogens with one attached hydrogen (secondary N) is 1. The Morgan fingerprint density at radius 3 is 2.95 bits per heavy atom. The number of benzene rings is 1. The second-order valence-corrected chi connectivity index (χ2v) is 5.23. The lowest BCUT2D eigenvalue weighted by molar-refractivity contribution is 0.0763. The predicted molar refractivity (Wildman–Crippen MR) is 76.3 cm³/mol. The highest BCUT2D eigenvalue weighted by Gasteiger charge is 2.30. The van der Waals surface area contributed by atoms with Gasteiger partial charge in [0.2, 0.25) is 0 Å². The third kappa shape index (κ3) is 2.93. The summed E-state index contributed by atoms with van der Waals surface area (Å²) in [4.78, 5) is 14.2. The molecule has 1 heterocycles. The molecule has 2 N–H and O–H groups in total. The van der Waals surface area contributed by atoms with Crippen molar-refractivity contribution in [1.29, 1.82) is 0 Å². The molecule has 2 rings (SSSR count). The molecule has 0 radical (unpaired) electrons. The number of aliphatic hydroxyl groups excluding tert-OH is 1. The van der Waals surface area contributed by atoms with Crippen LogP contribution in [0.5, 0.6) is 0 Å². The van der Waals surface area contributed by atoms with Crippen molar-refractivity contribution in [1.82, 2.24) is 4.90 Å². The average molecular weight is 280 g/mol. The quantitative estimate of drug-likeness (QED) is 0.888. The van der Waals surface area contributed by atoms with Crippen LogP contribution in [0.25, 0.3) is 0 Å². The highest BCUT2D eigenvalue weighted by atomic mass is 19.1. The summed E-state index contributed by atoms with van der Waals surface area (Å²) >= 11 is 0. The third-order valence-corrected chi connectivity index (χ3v) is 3.79. The number of para-hydroxylation sites is 1. The lowest BCUT2D eigenvalue weighted by Crippen LogP contribution is -2.31. The topological polar surface area (TPSA) is 52.6 Å². The molecule has 0 bridgehead atoms. The van der Waals surface area contributed by atoms with E-state index >= 15 is 0 Å². The molecule has 0 spiro atoms. The molecule has 4 nitrogen and oxygen atoms in total. The van der Waals surface area contributed by atoms with Gasteiger partial charge in [0.25, 0.3) is 5.91 Å². The Morgan fingerprint density at radius 1 is 1.60 bits per heavy atom. The van der Waals surface area contributed by atoms with E-state index in [9.17, 15) is 14.3 Å². The summed E-state index contributed by atoms with van der Waals surface area (Å²) in [5.74, 6) is -0.484. The van der Waals surface area contributed by atoms with E-state index in [4.69, 9.17) is 0 Å². The van der Waals surface area contributed by atoms with Crippen molar-refractivity contribution < 1.29 is 14.3 Å². The molecule has 1 amide bonds. The van der Waals surface area contributed by atoms with Crippen molar-refractivity contribution in [3.05, 3.63) is 29.6 Å². The van der Waals surface area contributed by atoms with Crippen LogP contribution in [0.15, 0.2) is 18.2 Å². The molecule has 1 aromatic carbocycles. The molecule has 2 atom stereocenters. The Hall–Kier alpha value is -1.62. The van der Waals surface area contributed by atoms with E-state index < -0.39 is 11.9 Å². The molecule has 0 aromatic heterocycles.